The summed E-state index contributed by atoms with van der Waals surface area (Å²) in [5, 5.41) is 5.08. The zero-order valence-electron chi connectivity index (χ0n) is 14.4. The average molecular weight is 330 g/mol. The minimum absolute atomic E-state index is 0.00383. The first-order chi connectivity index (χ1) is 11.0. The Kier molecular flexibility index (Phi) is 6.37. The number of benzene rings is 1. The first-order valence-corrected chi connectivity index (χ1v) is 9.05. The van der Waals surface area contributed by atoms with Gasteiger partial charge in [0.05, 0.1) is 0 Å². The standard InChI is InChI=1S/C19H26N2OS/c1-14(2)21(15(3)4)11-10-20-19(22)17-8-5-7-16(13-17)18-9-6-12-23-18/h5-9,12-15H,10-11H2,1-4H3,(H,20,22). The maximum atomic E-state index is 12.4. The summed E-state index contributed by atoms with van der Waals surface area (Å²) in [4.78, 5) is 15.9. The number of carbonyl (C=O) groups excluding carboxylic acids is 1. The highest BCUT2D eigenvalue weighted by atomic mass is 32.1. The van der Waals surface area contributed by atoms with Gasteiger partial charge in [0.1, 0.15) is 0 Å². The summed E-state index contributed by atoms with van der Waals surface area (Å²) in [5.74, 6) is -0.00383. The molecule has 3 nitrogen and oxygen atoms in total. The van der Waals surface area contributed by atoms with Crippen LogP contribution in [-0.2, 0) is 0 Å². The highest BCUT2D eigenvalue weighted by Crippen LogP contribution is 2.25. The third-order valence-electron chi connectivity index (χ3n) is 3.91. The van der Waals surface area contributed by atoms with E-state index in [-0.39, 0.29) is 5.91 Å². The van der Waals surface area contributed by atoms with Crippen LogP contribution in [0.15, 0.2) is 41.8 Å². The summed E-state index contributed by atoms with van der Waals surface area (Å²) in [7, 11) is 0. The maximum Gasteiger partial charge on any atom is 0.251 e. The second kappa shape index (κ2) is 8.27. The minimum atomic E-state index is -0.00383. The molecule has 0 saturated carbocycles. The molecule has 1 amide bonds. The lowest BCUT2D eigenvalue weighted by atomic mass is 10.1. The van der Waals surface area contributed by atoms with E-state index >= 15 is 0 Å². The predicted octanol–water partition coefficient (Wildman–Crippen LogP) is 4.26. The van der Waals surface area contributed by atoms with E-state index < -0.39 is 0 Å². The molecule has 0 fully saturated rings. The number of nitrogens with zero attached hydrogens (tertiary/aromatic N) is 1. The molecule has 1 aromatic carbocycles. The van der Waals surface area contributed by atoms with Gasteiger partial charge in [0, 0.05) is 35.6 Å². The molecule has 0 unspecified atom stereocenters. The van der Waals surface area contributed by atoms with Crippen molar-refractivity contribution in [3.05, 3.63) is 47.3 Å². The molecule has 1 aromatic heterocycles. The predicted molar refractivity (Wildman–Crippen MR) is 99.1 cm³/mol. The maximum absolute atomic E-state index is 12.4. The Balaban J connectivity index is 1.95. The van der Waals surface area contributed by atoms with E-state index in [1.165, 1.54) is 4.88 Å². The van der Waals surface area contributed by atoms with Crippen molar-refractivity contribution in [1.82, 2.24) is 10.2 Å². The van der Waals surface area contributed by atoms with Gasteiger partial charge in [-0.05, 0) is 56.8 Å². The van der Waals surface area contributed by atoms with Gasteiger partial charge in [0.25, 0.3) is 5.91 Å². The van der Waals surface area contributed by atoms with Crippen molar-refractivity contribution in [2.75, 3.05) is 13.1 Å². The first-order valence-electron chi connectivity index (χ1n) is 8.17. The van der Waals surface area contributed by atoms with Gasteiger partial charge in [-0.15, -0.1) is 11.3 Å². The fourth-order valence-corrected chi connectivity index (χ4v) is 3.49. The Morgan fingerprint density at radius 1 is 1.13 bits per heavy atom. The SMILES string of the molecule is CC(C)N(CCNC(=O)c1cccc(-c2cccs2)c1)C(C)C. The van der Waals surface area contributed by atoms with Crippen LogP contribution in [0.1, 0.15) is 38.1 Å². The smallest absolute Gasteiger partial charge is 0.251 e. The van der Waals surface area contributed by atoms with Crippen LogP contribution in [0.4, 0.5) is 0 Å². The highest BCUT2D eigenvalue weighted by Gasteiger charge is 2.13. The molecular weight excluding hydrogens is 304 g/mol. The van der Waals surface area contributed by atoms with Crippen molar-refractivity contribution in [2.24, 2.45) is 0 Å². The fraction of sp³-hybridized carbons (Fsp3) is 0.421. The summed E-state index contributed by atoms with van der Waals surface area (Å²) < 4.78 is 0. The summed E-state index contributed by atoms with van der Waals surface area (Å²) in [6.07, 6.45) is 0. The lowest BCUT2D eigenvalue weighted by Gasteiger charge is -2.30. The number of hydrogen-bond donors (Lipinski definition) is 1. The lowest BCUT2D eigenvalue weighted by Crippen LogP contribution is -2.42. The number of hydrogen-bond acceptors (Lipinski definition) is 3. The molecule has 124 valence electrons. The number of amides is 1. The Morgan fingerprint density at radius 3 is 2.48 bits per heavy atom. The normalized spacial score (nSPS) is 11.4. The lowest BCUT2D eigenvalue weighted by molar-refractivity contribution is 0.0939. The van der Waals surface area contributed by atoms with Crippen LogP contribution in [0.25, 0.3) is 10.4 Å². The summed E-state index contributed by atoms with van der Waals surface area (Å²) in [6.45, 7) is 10.3. The molecular formula is C19H26N2OS. The number of rotatable bonds is 7. The van der Waals surface area contributed by atoms with Gasteiger partial charge >= 0.3 is 0 Å². The van der Waals surface area contributed by atoms with Crippen LogP contribution in [0.2, 0.25) is 0 Å². The van der Waals surface area contributed by atoms with Crippen molar-refractivity contribution in [3.8, 4) is 10.4 Å². The first kappa shape index (κ1) is 17.7. The monoisotopic (exact) mass is 330 g/mol. The van der Waals surface area contributed by atoms with Crippen LogP contribution >= 0.6 is 11.3 Å². The summed E-state index contributed by atoms with van der Waals surface area (Å²) in [6, 6.07) is 12.9. The largest absolute Gasteiger partial charge is 0.351 e. The van der Waals surface area contributed by atoms with Gasteiger partial charge in [-0.2, -0.15) is 0 Å². The molecule has 4 heteroatoms. The van der Waals surface area contributed by atoms with Gasteiger partial charge in [-0.3, -0.25) is 9.69 Å². The molecule has 0 aliphatic rings. The van der Waals surface area contributed by atoms with E-state index in [9.17, 15) is 4.79 Å². The van der Waals surface area contributed by atoms with E-state index in [0.29, 0.717) is 18.6 Å². The number of carbonyl (C=O) groups is 1. The van der Waals surface area contributed by atoms with E-state index in [0.717, 1.165) is 17.7 Å². The van der Waals surface area contributed by atoms with Crippen LogP contribution < -0.4 is 5.32 Å². The Hall–Kier alpha value is -1.65. The van der Waals surface area contributed by atoms with E-state index in [1.807, 2.05) is 30.3 Å². The fourth-order valence-electron chi connectivity index (χ4n) is 2.77. The topological polar surface area (TPSA) is 32.3 Å². The molecule has 0 aliphatic heterocycles. The molecule has 0 bridgehead atoms. The second-order valence-corrected chi connectivity index (χ2v) is 7.19. The van der Waals surface area contributed by atoms with Crippen LogP contribution in [0.3, 0.4) is 0 Å². The minimum Gasteiger partial charge on any atom is -0.351 e. The molecule has 0 radical (unpaired) electrons. The average Bonchev–Trinajstić information content (AvgIpc) is 3.05. The van der Waals surface area contributed by atoms with Gasteiger partial charge in [-0.1, -0.05) is 18.2 Å². The van der Waals surface area contributed by atoms with Crippen molar-refractivity contribution < 1.29 is 4.79 Å². The molecule has 1 heterocycles. The quantitative estimate of drug-likeness (QED) is 0.822. The summed E-state index contributed by atoms with van der Waals surface area (Å²) >= 11 is 1.69. The van der Waals surface area contributed by atoms with Crippen molar-refractivity contribution in [2.45, 2.75) is 39.8 Å². The van der Waals surface area contributed by atoms with Gasteiger partial charge in [-0.25, -0.2) is 0 Å². The third-order valence-corrected chi connectivity index (χ3v) is 4.83. The van der Waals surface area contributed by atoms with Crippen molar-refractivity contribution >= 4 is 17.2 Å². The molecule has 0 saturated heterocycles. The Labute approximate surface area is 143 Å². The molecule has 2 aromatic rings. The van der Waals surface area contributed by atoms with Crippen LogP contribution in [0.5, 0.6) is 0 Å². The molecule has 1 N–H and O–H groups in total. The van der Waals surface area contributed by atoms with Crippen molar-refractivity contribution in [1.29, 1.82) is 0 Å². The van der Waals surface area contributed by atoms with E-state index in [1.54, 1.807) is 11.3 Å². The third kappa shape index (κ3) is 4.91. The van der Waals surface area contributed by atoms with Crippen LogP contribution in [0, 0.1) is 0 Å². The van der Waals surface area contributed by atoms with Crippen molar-refractivity contribution in [3.63, 3.8) is 0 Å². The molecule has 0 atom stereocenters. The van der Waals surface area contributed by atoms with E-state index in [2.05, 4.69) is 49.4 Å². The highest BCUT2D eigenvalue weighted by molar-refractivity contribution is 7.13. The molecule has 2 rings (SSSR count). The van der Waals surface area contributed by atoms with E-state index in [4.69, 9.17) is 0 Å². The van der Waals surface area contributed by atoms with Gasteiger partial charge < -0.3 is 5.32 Å². The second-order valence-electron chi connectivity index (χ2n) is 6.24. The zero-order valence-corrected chi connectivity index (χ0v) is 15.2. The Bertz CT molecular complexity index is 612. The Morgan fingerprint density at radius 2 is 1.87 bits per heavy atom. The molecule has 0 spiro atoms. The van der Waals surface area contributed by atoms with Gasteiger partial charge in [0.2, 0.25) is 0 Å². The summed E-state index contributed by atoms with van der Waals surface area (Å²) in [5.41, 5.74) is 1.81. The number of nitrogens with one attached hydrogen (secondary N) is 1. The molecule has 23 heavy (non-hydrogen) atoms. The van der Waals surface area contributed by atoms with Crippen LogP contribution in [-0.4, -0.2) is 36.0 Å². The zero-order chi connectivity index (χ0) is 16.8. The number of thiophene rings is 1. The van der Waals surface area contributed by atoms with Gasteiger partial charge in [0.15, 0.2) is 0 Å². The molecule has 0 aliphatic carbocycles.